The van der Waals surface area contributed by atoms with Crippen LogP contribution in [0.2, 0.25) is 0 Å². The Hall–Kier alpha value is -3.42. The van der Waals surface area contributed by atoms with Gasteiger partial charge in [0, 0.05) is 53.4 Å². The molecule has 3 N–H and O–H groups in total. The number of nitrogens with one attached hydrogen (secondary N) is 3. The molecule has 0 amide bonds. The van der Waals surface area contributed by atoms with E-state index in [1.54, 1.807) is 10.7 Å². The molecule has 4 aromatic heterocycles. The van der Waals surface area contributed by atoms with E-state index in [1.807, 2.05) is 24.7 Å². The fourth-order valence-corrected chi connectivity index (χ4v) is 4.60. The number of aromatic nitrogens is 5. The number of nitrogens with zero attached hydrogens (tertiary/aromatic N) is 4. The fraction of sp³-hybridized carbons (Fsp3) is 0.423. The van der Waals surface area contributed by atoms with E-state index in [-0.39, 0.29) is 6.54 Å². The maximum atomic E-state index is 13.9. The van der Waals surface area contributed by atoms with Gasteiger partial charge in [-0.1, -0.05) is 13.5 Å². The molecule has 7 nitrogen and oxygen atoms in total. The highest BCUT2D eigenvalue weighted by atomic mass is 19.1. The Balaban J connectivity index is 1.40. The van der Waals surface area contributed by atoms with Gasteiger partial charge >= 0.3 is 0 Å². The monoisotopic (exact) mass is 461 g/mol. The Morgan fingerprint density at radius 1 is 1.26 bits per heavy atom. The Morgan fingerprint density at radius 3 is 2.82 bits per heavy atom. The van der Waals surface area contributed by atoms with Gasteiger partial charge in [0.25, 0.3) is 0 Å². The number of anilines is 1. The second kappa shape index (κ2) is 8.74. The molecule has 1 aliphatic rings. The number of alkyl halides is 1. The van der Waals surface area contributed by atoms with E-state index in [4.69, 9.17) is 4.98 Å². The smallest absolute Gasteiger partial charge is 0.224 e. The average molecular weight is 462 g/mol. The van der Waals surface area contributed by atoms with Crippen molar-refractivity contribution in [3.63, 3.8) is 0 Å². The number of fused-ring (bicyclic) bond motifs is 2. The predicted octanol–water partition coefficient (Wildman–Crippen LogP) is 5.57. The normalized spacial score (nSPS) is 18.9. The van der Waals surface area contributed by atoms with Crippen molar-refractivity contribution in [1.29, 1.82) is 0 Å². The van der Waals surface area contributed by atoms with Crippen LogP contribution in [-0.2, 0) is 0 Å². The van der Waals surface area contributed by atoms with Crippen molar-refractivity contribution in [2.24, 2.45) is 5.92 Å². The van der Waals surface area contributed by atoms with Crippen molar-refractivity contribution in [2.45, 2.75) is 58.2 Å². The second-order valence-corrected chi connectivity index (χ2v) is 10.1. The van der Waals surface area contributed by atoms with E-state index in [0.29, 0.717) is 17.7 Å². The van der Waals surface area contributed by atoms with Crippen molar-refractivity contribution >= 4 is 28.2 Å². The molecule has 4 heterocycles. The van der Waals surface area contributed by atoms with Gasteiger partial charge < -0.3 is 15.6 Å². The summed E-state index contributed by atoms with van der Waals surface area (Å²) in [5, 5.41) is 12.0. The summed E-state index contributed by atoms with van der Waals surface area (Å²) in [4.78, 5) is 12.6. The number of aromatic amines is 1. The van der Waals surface area contributed by atoms with Gasteiger partial charge in [-0.2, -0.15) is 10.1 Å². The zero-order chi connectivity index (χ0) is 23.9. The van der Waals surface area contributed by atoms with Gasteiger partial charge in [0.1, 0.15) is 11.3 Å². The Morgan fingerprint density at radius 2 is 2.06 bits per heavy atom. The zero-order valence-corrected chi connectivity index (χ0v) is 20.0. The number of pyridine rings is 1. The van der Waals surface area contributed by atoms with Gasteiger partial charge in [0.05, 0.1) is 11.7 Å². The zero-order valence-electron chi connectivity index (χ0n) is 20.0. The molecule has 0 atom stereocenters. The first-order chi connectivity index (χ1) is 16.3. The number of hydrogen-bond acceptors (Lipinski definition) is 5. The van der Waals surface area contributed by atoms with Gasteiger partial charge in [-0.3, -0.25) is 0 Å². The molecule has 0 saturated heterocycles. The van der Waals surface area contributed by atoms with Crippen LogP contribution >= 0.6 is 0 Å². The molecule has 1 saturated carbocycles. The summed E-state index contributed by atoms with van der Waals surface area (Å²) in [6, 6.07) is 4.52. The Bertz CT molecular complexity index is 1320. The van der Waals surface area contributed by atoms with Gasteiger partial charge in [-0.05, 0) is 63.1 Å². The van der Waals surface area contributed by atoms with Crippen LogP contribution in [0.3, 0.4) is 0 Å². The van der Waals surface area contributed by atoms with Gasteiger partial charge in [-0.15, -0.1) is 0 Å². The highest BCUT2D eigenvalue weighted by Crippen LogP contribution is 2.31. The van der Waals surface area contributed by atoms with Gasteiger partial charge in [0.15, 0.2) is 0 Å². The van der Waals surface area contributed by atoms with Crippen LogP contribution in [0.25, 0.3) is 33.4 Å². The van der Waals surface area contributed by atoms with Crippen LogP contribution in [0.1, 0.15) is 52.0 Å². The summed E-state index contributed by atoms with van der Waals surface area (Å²) in [6.45, 7) is 9.67. The Labute approximate surface area is 198 Å². The highest BCUT2D eigenvalue weighted by Gasteiger charge is 2.20. The number of H-pyrrole nitrogens is 1. The standard InChI is InChI=1S/C26H32FN7/c1-16-5-7-19(8-6-16)32-25-29-13-22-21(12-28-24(22)33-25)18-9-10-34-23(11-18)20(14-31-34)17(2)30-15-26(3,4)27/h9-14,16,19,30H,2,5-8,15H2,1,3-4H3,(H2,28,29,32,33). The van der Waals surface area contributed by atoms with Gasteiger partial charge in [0.2, 0.25) is 5.95 Å². The first kappa shape index (κ1) is 22.4. The van der Waals surface area contributed by atoms with E-state index in [2.05, 4.69) is 45.3 Å². The summed E-state index contributed by atoms with van der Waals surface area (Å²) in [6.07, 6.45) is 12.3. The third-order valence-corrected chi connectivity index (χ3v) is 6.66. The summed E-state index contributed by atoms with van der Waals surface area (Å²) in [7, 11) is 0. The SMILES string of the molecule is C=C(NCC(C)(C)F)c1cnn2ccc(-c3c[nH]c4nc(NC5CCC(C)CC5)ncc34)cc12. The van der Waals surface area contributed by atoms with Crippen LogP contribution in [0.4, 0.5) is 10.3 Å². The summed E-state index contributed by atoms with van der Waals surface area (Å²) >= 11 is 0. The number of halogens is 1. The van der Waals surface area contributed by atoms with E-state index in [1.165, 1.54) is 26.7 Å². The molecule has 0 aromatic carbocycles. The van der Waals surface area contributed by atoms with E-state index < -0.39 is 5.67 Å². The minimum absolute atomic E-state index is 0.179. The molecule has 0 spiro atoms. The van der Waals surface area contributed by atoms with Gasteiger partial charge in [-0.25, -0.2) is 13.9 Å². The van der Waals surface area contributed by atoms with E-state index in [9.17, 15) is 4.39 Å². The van der Waals surface area contributed by atoms with Crippen LogP contribution in [0.15, 0.2) is 43.5 Å². The fourth-order valence-electron chi connectivity index (χ4n) is 4.60. The lowest BCUT2D eigenvalue weighted by Crippen LogP contribution is -2.29. The maximum absolute atomic E-state index is 13.9. The third-order valence-electron chi connectivity index (χ3n) is 6.66. The largest absolute Gasteiger partial charge is 0.382 e. The summed E-state index contributed by atoms with van der Waals surface area (Å²) in [5.41, 5.74) is 3.90. The van der Waals surface area contributed by atoms with Crippen molar-refractivity contribution in [3.05, 3.63) is 49.1 Å². The molecule has 5 rings (SSSR count). The molecule has 1 fully saturated rings. The Kier molecular flexibility index (Phi) is 5.75. The van der Waals surface area contributed by atoms with Crippen LogP contribution in [-0.4, -0.2) is 42.8 Å². The highest BCUT2D eigenvalue weighted by molar-refractivity contribution is 5.94. The first-order valence-electron chi connectivity index (χ1n) is 12.0. The molecular weight excluding hydrogens is 429 g/mol. The van der Waals surface area contributed by atoms with Crippen molar-refractivity contribution < 1.29 is 4.39 Å². The average Bonchev–Trinajstić information content (AvgIpc) is 3.42. The van der Waals surface area contributed by atoms with E-state index >= 15 is 0 Å². The molecule has 8 heteroatoms. The summed E-state index contributed by atoms with van der Waals surface area (Å²) < 4.78 is 15.7. The first-order valence-corrected chi connectivity index (χ1v) is 12.0. The maximum Gasteiger partial charge on any atom is 0.224 e. The molecule has 178 valence electrons. The molecule has 0 unspecified atom stereocenters. The second-order valence-electron chi connectivity index (χ2n) is 10.1. The molecular formula is C26H32FN7. The van der Waals surface area contributed by atoms with Crippen LogP contribution in [0, 0.1) is 5.92 Å². The third kappa shape index (κ3) is 4.62. The lowest BCUT2D eigenvalue weighted by atomic mass is 9.87. The van der Waals surface area contributed by atoms with Crippen molar-refractivity contribution in [2.75, 3.05) is 11.9 Å². The predicted molar refractivity (Wildman–Crippen MR) is 135 cm³/mol. The molecule has 34 heavy (non-hydrogen) atoms. The van der Waals surface area contributed by atoms with Crippen LogP contribution < -0.4 is 10.6 Å². The lowest BCUT2D eigenvalue weighted by Gasteiger charge is -2.26. The number of hydrogen-bond donors (Lipinski definition) is 3. The van der Waals surface area contributed by atoms with Crippen molar-refractivity contribution in [3.8, 4) is 11.1 Å². The topological polar surface area (TPSA) is 82.9 Å². The van der Waals surface area contributed by atoms with Crippen LogP contribution in [0.5, 0.6) is 0 Å². The minimum Gasteiger partial charge on any atom is -0.382 e. The molecule has 4 aromatic rings. The minimum atomic E-state index is -1.33. The molecule has 1 aliphatic carbocycles. The lowest BCUT2D eigenvalue weighted by molar-refractivity contribution is 0.219. The number of rotatable bonds is 7. The summed E-state index contributed by atoms with van der Waals surface area (Å²) in [5.74, 6) is 1.48. The molecule has 0 bridgehead atoms. The molecule has 0 radical (unpaired) electrons. The quantitative estimate of drug-likeness (QED) is 0.335. The van der Waals surface area contributed by atoms with E-state index in [0.717, 1.165) is 52.0 Å². The molecule has 0 aliphatic heterocycles. The van der Waals surface area contributed by atoms with Crippen molar-refractivity contribution in [1.82, 2.24) is 29.9 Å².